The lowest BCUT2D eigenvalue weighted by Gasteiger charge is -2.24. The van der Waals surface area contributed by atoms with Gasteiger partial charge in [-0.15, -0.1) is 13.2 Å². The number of benzene rings is 1. The van der Waals surface area contributed by atoms with Gasteiger partial charge in [0.15, 0.2) is 0 Å². The van der Waals surface area contributed by atoms with Crippen LogP contribution >= 0.6 is 0 Å². The van der Waals surface area contributed by atoms with E-state index in [1.165, 1.54) is 30.3 Å². The zero-order chi connectivity index (χ0) is 16.8. The number of alkyl halides is 3. The van der Waals surface area contributed by atoms with Gasteiger partial charge in [-0.2, -0.15) is 0 Å². The first kappa shape index (κ1) is 18.0. The van der Waals surface area contributed by atoms with E-state index >= 15 is 0 Å². The molecule has 1 rings (SSSR count). The zero-order valence-corrected chi connectivity index (χ0v) is 12.3. The van der Waals surface area contributed by atoms with Crippen molar-refractivity contribution in [2.75, 3.05) is 6.61 Å². The average Bonchev–Trinajstić information content (AvgIpc) is 2.35. The van der Waals surface area contributed by atoms with Crippen molar-refractivity contribution in [3.05, 3.63) is 35.9 Å². The summed E-state index contributed by atoms with van der Waals surface area (Å²) in [5.41, 5.74) is -0.479. The Morgan fingerprint density at radius 1 is 1.32 bits per heavy atom. The number of aliphatic hydroxyl groups is 1. The van der Waals surface area contributed by atoms with E-state index in [0.29, 0.717) is 6.42 Å². The average molecular weight is 317 g/mol. The number of hydrogen-bond acceptors (Lipinski definition) is 3. The monoisotopic (exact) mass is 317 g/mol. The van der Waals surface area contributed by atoms with Crippen LogP contribution in [0.4, 0.5) is 13.2 Å². The molecule has 0 heterocycles. The summed E-state index contributed by atoms with van der Waals surface area (Å²) >= 11 is 0. The number of para-hydroxylation sites is 1. The van der Waals surface area contributed by atoms with Crippen LogP contribution in [-0.2, 0) is 4.79 Å². The van der Waals surface area contributed by atoms with E-state index in [9.17, 15) is 18.0 Å². The van der Waals surface area contributed by atoms with E-state index in [1.54, 1.807) is 13.8 Å². The van der Waals surface area contributed by atoms with Gasteiger partial charge >= 0.3 is 6.36 Å². The molecule has 0 saturated carbocycles. The Hall–Kier alpha value is -2.02. The lowest BCUT2D eigenvalue weighted by molar-refractivity contribution is -0.274. The van der Waals surface area contributed by atoms with E-state index in [0.717, 1.165) is 6.08 Å². The molecule has 1 aromatic carbocycles. The van der Waals surface area contributed by atoms with Crippen molar-refractivity contribution >= 4 is 12.0 Å². The molecule has 0 aliphatic carbocycles. The molecule has 7 heteroatoms. The number of aliphatic hydroxyl groups excluding tert-OH is 1. The minimum atomic E-state index is -4.80. The third-order valence-electron chi connectivity index (χ3n) is 2.76. The van der Waals surface area contributed by atoms with Crippen molar-refractivity contribution in [2.24, 2.45) is 0 Å². The molecule has 0 saturated heterocycles. The lowest BCUT2D eigenvalue weighted by atomic mass is 10.0. The number of hydrogen-bond donors (Lipinski definition) is 2. The van der Waals surface area contributed by atoms with E-state index in [4.69, 9.17) is 5.11 Å². The molecule has 4 nitrogen and oxygen atoms in total. The number of ether oxygens (including phenoxy) is 1. The van der Waals surface area contributed by atoms with Gasteiger partial charge in [0.2, 0.25) is 5.91 Å². The van der Waals surface area contributed by atoms with E-state index in [1.807, 2.05) is 0 Å². The van der Waals surface area contributed by atoms with Gasteiger partial charge in [-0.3, -0.25) is 4.79 Å². The van der Waals surface area contributed by atoms with Crippen molar-refractivity contribution in [1.29, 1.82) is 0 Å². The standard InChI is InChI=1S/C15H18F3NO3/c1-14(2,9-10-20)19-13(21)8-7-11-5-3-4-6-12(11)22-15(16,17)18/h3-8,20H,9-10H2,1-2H3,(H,19,21)/b8-7+. The fourth-order valence-corrected chi connectivity index (χ4v) is 1.72. The summed E-state index contributed by atoms with van der Waals surface area (Å²) in [6.07, 6.45) is -2.07. The number of rotatable bonds is 6. The SMILES string of the molecule is CC(C)(CCO)NC(=O)/C=C/c1ccccc1OC(F)(F)F. The highest BCUT2D eigenvalue weighted by atomic mass is 19.4. The second-order valence-corrected chi connectivity index (χ2v) is 5.27. The number of carbonyl (C=O) groups excluding carboxylic acids is 1. The Balaban J connectivity index is 2.80. The first-order chi connectivity index (χ1) is 10.1. The van der Waals surface area contributed by atoms with Crippen molar-refractivity contribution in [3.8, 4) is 5.75 Å². The zero-order valence-electron chi connectivity index (χ0n) is 12.3. The fourth-order valence-electron chi connectivity index (χ4n) is 1.72. The van der Waals surface area contributed by atoms with Gasteiger partial charge in [0.25, 0.3) is 0 Å². The van der Waals surface area contributed by atoms with Crippen LogP contribution in [0, 0.1) is 0 Å². The number of nitrogens with one attached hydrogen (secondary N) is 1. The molecule has 0 fully saturated rings. The topological polar surface area (TPSA) is 58.6 Å². The summed E-state index contributed by atoms with van der Waals surface area (Å²) in [6.45, 7) is 3.38. The van der Waals surface area contributed by atoms with Gasteiger partial charge in [-0.1, -0.05) is 18.2 Å². The molecule has 22 heavy (non-hydrogen) atoms. The maximum atomic E-state index is 12.3. The van der Waals surface area contributed by atoms with Gasteiger partial charge in [-0.05, 0) is 32.4 Å². The summed E-state index contributed by atoms with van der Waals surface area (Å²) in [7, 11) is 0. The number of carbonyl (C=O) groups is 1. The van der Waals surface area contributed by atoms with Crippen molar-refractivity contribution in [3.63, 3.8) is 0 Å². The molecule has 1 amide bonds. The second-order valence-electron chi connectivity index (χ2n) is 5.27. The predicted octanol–water partition coefficient (Wildman–Crippen LogP) is 2.88. The Morgan fingerprint density at radius 2 is 1.95 bits per heavy atom. The van der Waals surface area contributed by atoms with Crippen LogP contribution in [0.3, 0.4) is 0 Å². The fraction of sp³-hybridized carbons (Fsp3) is 0.400. The minimum absolute atomic E-state index is 0.0841. The van der Waals surface area contributed by atoms with Crippen LogP contribution in [0.15, 0.2) is 30.3 Å². The maximum Gasteiger partial charge on any atom is 0.573 e. The molecule has 0 atom stereocenters. The first-order valence-corrected chi connectivity index (χ1v) is 6.59. The van der Waals surface area contributed by atoms with Crippen molar-refractivity contribution < 1.29 is 27.8 Å². The third kappa shape index (κ3) is 6.62. The number of halogens is 3. The van der Waals surface area contributed by atoms with E-state index in [2.05, 4.69) is 10.1 Å². The van der Waals surface area contributed by atoms with Crippen LogP contribution in [0.2, 0.25) is 0 Å². The first-order valence-electron chi connectivity index (χ1n) is 6.59. The highest BCUT2D eigenvalue weighted by Gasteiger charge is 2.31. The molecule has 0 bridgehead atoms. The molecular formula is C15H18F3NO3. The molecular weight excluding hydrogens is 299 g/mol. The summed E-state index contributed by atoms with van der Waals surface area (Å²) < 4.78 is 40.7. The van der Waals surface area contributed by atoms with E-state index < -0.39 is 17.8 Å². The molecule has 2 N–H and O–H groups in total. The van der Waals surface area contributed by atoms with Gasteiger partial charge in [0.05, 0.1) is 0 Å². The van der Waals surface area contributed by atoms with E-state index in [-0.39, 0.29) is 17.9 Å². The Labute approximate surface area is 126 Å². The molecule has 122 valence electrons. The van der Waals surface area contributed by atoms with Gasteiger partial charge in [0, 0.05) is 23.8 Å². The minimum Gasteiger partial charge on any atom is -0.405 e. The van der Waals surface area contributed by atoms with Crippen LogP contribution in [0.25, 0.3) is 6.08 Å². The van der Waals surface area contributed by atoms with Gasteiger partial charge in [-0.25, -0.2) is 0 Å². The summed E-state index contributed by atoms with van der Waals surface area (Å²) in [6, 6.07) is 5.52. The molecule has 0 aliphatic heterocycles. The van der Waals surface area contributed by atoms with Crippen molar-refractivity contribution in [2.45, 2.75) is 32.2 Å². The summed E-state index contributed by atoms with van der Waals surface area (Å²) in [5, 5.41) is 11.5. The third-order valence-corrected chi connectivity index (χ3v) is 2.76. The molecule has 0 spiro atoms. The van der Waals surface area contributed by atoms with Crippen LogP contribution in [0.1, 0.15) is 25.8 Å². The predicted molar refractivity (Wildman–Crippen MR) is 76.1 cm³/mol. The largest absolute Gasteiger partial charge is 0.573 e. The summed E-state index contributed by atoms with van der Waals surface area (Å²) in [5.74, 6) is -0.853. The summed E-state index contributed by atoms with van der Waals surface area (Å²) in [4.78, 5) is 11.8. The smallest absolute Gasteiger partial charge is 0.405 e. The van der Waals surface area contributed by atoms with Crippen LogP contribution in [0.5, 0.6) is 5.75 Å². The van der Waals surface area contributed by atoms with Crippen molar-refractivity contribution in [1.82, 2.24) is 5.32 Å². The lowest BCUT2D eigenvalue weighted by Crippen LogP contribution is -2.43. The molecule has 0 aliphatic rings. The molecule has 0 aromatic heterocycles. The quantitative estimate of drug-likeness (QED) is 0.793. The van der Waals surface area contributed by atoms with Gasteiger partial charge in [0.1, 0.15) is 5.75 Å². The second kappa shape index (κ2) is 7.31. The maximum absolute atomic E-state index is 12.3. The van der Waals surface area contributed by atoms with Gasteiger partial charge < -0.3 is 15.2 Å². The van der Waals surface area contributed by atoms with Crippen LogP contribution in [-0.4, -0.2) is 29.5 Å². The molecule has 0 radical (unpaired) electrons. The molecule has 1 aromatic rings. The number of amides is 1. The Kier molecular flexibility index (Phi) is 5.99. The Bertz CT molecular complexity index is 539. The molecule has 0 unspecified atom stereocenters. The normalized spacial score (nSPS) is 12.5. The van der Waals surface area contributed by atoms with Crippen LogP contribution < -0.4 is 10.1 Å². The Morgan fingerprint density at radius 3 is 2.55 bits per heavy atom. The highest BCUT2D eigenvalue weighted by molar-refractivity contribution is 5.92. The highest BCUT2D eigenvalue weighted by Crippen LogP contribution is 2.26.